The Morgan fingerprint density at radius 2 is 1.93 bits per heavy atom. The topological polar surface area (TPSA) is 43.4 Å². The fourth-order valence-electron chi connectivity index (χ4n) is 1.02. The number of esters is 1. The van der Waals surface area contributed by atoms with Crippen LogP contribution in [0, 0.1) is 0 Å². The highest BCUT2D eigenvalue weighted by molar-refractivity contribution is 9.10. The van der Waals surface area contributed by atoms with Gasteiger partial charge in [0.15, 0.2) is 5.78 Å². The Labute approximate surface area is 90.2 Å². The van der Waals surface area contributed by atoms with Crippen LogP contribution in [0.2, 0.25) is 0 Å². The van der Waals surface area contributed by atoms with E-state index < -0.39 is 5.97 Å². The summed E-state index contributed by atoms with van der Waals surface area (Å²) in [5.74, 6) is -0.273. The number of benzene rings is 1. The third kappa shape index (κ3) is 2.67. The molecule has 14 heavy (non-hydrogen) atoms. The molecule has 0 fully saturated rings. The highest BCUT2D eigenvalue weighted by Crippen LogP contribution is 2.23. The lowest BCUT2D eigenvalue weighted by Gasteiger charge is -2.06. The molecule has 4 heteroatoms. The molecule has 0 aliphatic heterocycles. The molecule has 0 aliphatic carbocycles. The zero-order valence-electron chi connectivity index (χ0n) is 7.83. The number of hydrogen-bond donors (Lipinski definition) is 0. The van der Waals surface area contributed by atoms with Crippen molar-refractivity contribution in [3.8, 4) is 5.75 Å². The van der Waals surface area contributed by atoms with Crippen molar-refractivity contribution in [3.63, 3.8) is 0 Å². The van der Waals surface area contributed by atoms with Crippen molar-refractivity contribution in [1.29, 1.82) is 0 Å². The molecule has 0 unspecified atom stereocenters. The first-order chi connectivity index (χ1) is 6.50. The summed E-state index contributed by atoms with van der Waals surface area (Å²) in [6.07, 6.45) is 0. The van der Waals surface area contributed by atoms with E-state index in [-0.39, 0.29) is 5.78 Å². The quantitative estimate of drug-likeness (QED) is 0.464. The molecular formula is C10H9BrO3. The molecule has 0 aromatic heterocycles. The maximum absolute atomic E-state index is 11.2. The second-order valence-electron chi connectivity index (χ2n) is 2.79. The van der Waals surface area contributed by atoms with Gasteiger partial charge in [-0.1, -0.05) is 15.9 Å². The first-order valence-corrected chi connectivity index (χ1v) is 4.79. The van der Waals surface area contributed by atoms with Gasteiger partial charge in [0.05, 0.1) is 5.56 Å². The predicted molar refractivity (Wildman–Crippen MR) is 55.5 cm³/mol. The molecule has 0 aliphatic rings. The first-order valence-electron chi connectivity index (χ1n) is 3.99. The van der Waals surface area contributed by atoms with E-state index in [1.54, 1.807) is 18.2 Å². The summed E-state index contributed by atoms with van der Waals surface area (Å²) in [7, 11) is 0. The summed E-state index contributed by atoms with van der Waals surface area (Å²) < 4.78 is 5.66. The Bertz CT molecular complexity index is 385. The molecule has 0 saturated heterocycles. The largest absolute Gasteiger partial charge is 0.426 e. The summed E-state index contributed by atoms with van der Waals surface area (Å²) in [5, 5.41) is 0. The van der Waals surface area contributed by atoms with Crippen molar-refractivity contribution >= 4 is 27.7 Å². The minimum atomic E-state index is -0.435. The molecule has 0 radical (unpaired) electrons. The van der Waals surface area contributed by atoms with E-state index in [1.807, 2.05) is 0 Å². The summed E-state index contributed by atoms with van der Waals surface area (Å²) in [4.78, 5) is 21.9. The Hall–Kier alpha value is -1.16. The number of carbonyl (C=O) groups excluding carboxylic acids is 2. The lowest BCUT2D eigenvalue weighted by Crippen LogP contribution is -2.05. The molecule has 0 atom stereocenters. The number of ketones is 1. The molecule has 0 amide bonds. The van der Waals surface area contributed by atoms with Crippen molar-refractivity contribution in [3.05, 3.63) is 28.2 Å². The number of carbonyl (C=O) groups is 2. The molecule has 0 bridgehead atoms. The summed E-state index contributed by atoms with van der Waals surface area (Å²) in [5.41, 5.74) is 0.398. The number of Topliss-reactive ketones (excluding diaryl/α,β-unsaturated/α-hetero) is 1. The minimum absolute atomic E-state index is 0.137. The number of ether oxygens (including phenoxy) is 1. The van der Waals surface area contributed by atoms with Gasteiger partial charge in [-0.15, -0.1) is 0 Å². The van der Waals surface area contributed by atoms with Crippen molar-refractivity contribution in [1.82, 2.24) is 0 Å². The van der Waals surface area contributed by atoms with Gasteiger partial charge in [0.2, 0.25) is 0 Å². The lowest BCUT2D eigenvalue weighted by molar-refractivity contribution is -0.131. The van der Waals surface area contributed by atoms with Crippen LogP contribution in [0.25, 0.3) is 0 Å². The lowest BCUT2D eigenvalue weighted by atomic mass is 10.1. The molecule has 1 aromatic rings. The van der Waals surface area contributed by atoms with E-state index in [1.165, 1.54) is 13.8 Å². The SMILES string of the molecule is CC(=O)Oc1ccc(Br)cc1C(C)=O. The number of halogens is 1. The van der Waals surface area contributed by atoms with Gasteiger partial charge >= 0.3 is 5.97 Å². The van der Waals surface area contributed by atoms with Crippen LogP contribution in [-0.4, -0.2) is 11.8 Å². The Morgan fingerprint density at radius 3 is 2.43 bits per heavy atom. The van der Waals surface area contributed by atoms with Gasteiger partial charge in [0, 0.05) is 11.4 Å². The maximum atomic E-state index is 11.2. The third-order valence-electron chi connectivity index (χ3n) is 1.57. The summed E-state index contributed by atoms with van der Waals surface area (Å²) in [6.45, 7) is 2.72. The minimum Gasteiger partial charge on any atom is -0.426 e. The molecule has 3 nitrogen and oxygen atoms in total. The molecule has 0 heterocycles. The van der Waals surface area contributed by atoms with Crippen LogP contribution in [0.15, 0.2) is 22.7 Å². The van der Waals surface area contributed by atoms with E-state index in [9.17, 15) is 9.59 Å². The van der Waals surface area contributed by atoms with Gasteiger partial charge in [-0.3, -0.25) is 9.59 Å². The third-order valence-corrected chi connectivity index (χ3v) is 2.07. The van der Waals surface area contributed by atoms with E-state index in [0.29, 0.717) is 11.3 Å². The highest BCUT2D eigenvalue weighted by Gasteiger charge is 2.10. The highest BCUT2D eigenvalue weighted by atomic mass is 79.9. The Balaban J connectivity index is 3.14. The van der Waals surface area contributed by atoms with Crippen LogP contribution in [0.4, 0.5) is 0 Å². The van der Waals surface area contributed by atoms with Gasteiger partial charge in [-0.25, -0.2) is 0 Å². The van der Waals surface area contributed by atoms with Gasteiger partial charge in [-0.05, 0) is 25.1 Å². The van der Waals surface area contributed by atoms with Gasteiger partial charge in [0.1, 0.15) is 5.75 Å². The summed E-state index contributed by atoms with van der Waals surface area (Å²) >= 11 is 3.24. The van der Waals surface area contributed by atoms with Crippen LogP contribution in [0.1, 0.15) is 24.2 Å². The van der Waals surface area contributed by atoms with E-state index in [2.05, 4.69) is 15.9 Å². The predicted octanol–water partition coefficient (Wildman–Crippen LogP) is 2.58. The average molecular weight is 257 g/mol. The normalized spacial score (nSPS) is 9.64. The van der Waals surface area contributed by atoms with E-state index in [4.69, 9.17) is 4.74 Å². The second kappa shape index (κ2) is 4.37. The van der Waals surface area contributed by atoms with Crippen LogP contribution >= 0.6 is 15.9 Å². The van der Waals surface area contributed by atoms with Gasteiger partial charge < -0.3 is 4.74 Å². The smallest absolute Gasteiger partial charge is 0.308 e. The zero-order valence-corrected chi connectivity index (χ0v) is 9.42. The van der Waals surface area contributed by atoms with Crippen molar-refractivity contribution < 1.29 is 14.3 Å². The molecule has 0 saturated carbocycles. The number of hydrogen-bond acceptors (Lipinski definition) is 3. The zero-order chi connectivity index (χ0) is 10.7. The van der Waals surface area contributed by atoms with Crippen LogP contribution in [0.3, 0.4) is 0 Å². The van der Waals surface area contributed by atoms with Crippen LogP contribution in [0.5, 0.6) is 5.75 Å². The van der Waals surface area contributed by atoms with E-state index >= 15 is 0 Å². The second-order valence-corrected chi connectivity index (χ2v) is 3.71. The van der Waals surface area contributed by atoms with E-state index in [0.717, 1.165) is 4.47 Å². The monoisotopic (exact) mass is 256 g/mol. The molecule has 74 valence electrons. The Kier molecular flexibility index (Phi) is 3.41. The maximum Gasteiger partial charge on any atom is 0.308 e. The van der Waals surface area contributed by atoms with Crippen molar-refractivity contribution in [2.24, 2.45) is 0 Å². The standard InChI is InChI=1S/C10H9BrO3/c1-6(12)9-5-8(11)3-4-10(9)14-7(2)13/h3-5H,1-2H3. The fraction of sp³-hybridized carbons (Fsp3) is 0.200. The molecule has 0 N–H and O–H groups in total. The first kappa shape index (κ1) is 10.9. The van der Waals surface area contributed by atoms with Gasteiger partial charge in [0.25, 0.3) is 0 Å². The molecule has 0 spiro atoms. The van der Waals surface area contributed by atoms with Crippen LogP contribution in [-0.2, 0) is 4.79 Å². The molecule has 1 aromatic carbocycles. The van der Waals surface area contributed by atoms with Crippen molar-refractivity contribution in [2.75, 3.05) is 0 Å². The van der Waals surface area contributed by atoms with Crippen molar-refractivity contribution in [2.45, 2.75) is 13.8 Å². The Morgan fingerprint density at radius 1 is 1.29 bits per heavy atom. The molecule has 1 rings (SSSR count). The molecular weight excluding hydrogens is 248 g/mol. The van der Waals surface area contributed by atoms with Gasteiger partial charge in [-0.2, -0.15) is 0 Å². The average Bonchev–Trinajstić information content (AvgIpc) is 2.07. The number of rotatable bonds is 2. The fourth-order valence-corrected chi connectivity index (χ4v) is 1.38. The van der Waals surface area contributed by atoms with Crippen LogP contribution < -0.4 is 4.74 Å². The summed E-state index contributed by atoms with van der Waals surface area (Å²) in [6, 6.07) is 4.92.